The van der Waals surface area contributed by atoms with Crippen molar-refractivity contribution in [2.24, 2.45) is 7.05 Å². The van der Waals surface area contributed by atoms with Gasteiger partial charge in [-0.25, -0.2) is 4.79 Å². The lowest BCUT2D eigenvalue weighted by atomic mass is 10.1. The van der Waals surface area contributed by atoms with Crippen molar-refractivity contribution >= 4 is 51.0 Å². The van der Waals surface area contributed by atoms with Gasteiger partial charge in [0.1, 0.15) is 11.3 Å². The molecule has 3 aromatic carbocycles. The predicted octanol–water partition coefficient (Wildman–Crippen LogP) is 4.97. The van der Waals surface area contributed by atoms with Crippen molar-refractivity contribution in [1.82, 2.24) is 14.3 Å². The number of carbonyl (C=O) groups is 2. The summed E-state index contributed by atoms with van der Waals surface area (Å²) in [6, 6.07) is 18.6. The number of halogens is 1. The Hall–Kier alpha value is -4.63. The van der Waals surface area contributed by atoms with Crippen LogP contribution in [0, 0.1) is 0 Å². The Morgan fingerprint density at radius 1 is 1.05 bits per heavy atom. The Morgan fingerprint density at radius 3 is 2.58 bits per heavy atom. The van der Waals surface area contributed by atoms with Gasteiger partial charge in [-0.1, -0.05) is 35.9 Å². The van der Waals surface area contributed by atoms with E-state index in [1.54, 1.807) is 54.9 Å². The number of para-hydroxylation sites is 1. The van der Waals surface area contributed by atoms with Crippen LogP contribution in [0.4, 0.5) is 5.69 Å². The number of aromatic nitrogens is 3. The highest BCUT2D eigenvalue weighted by Crippen LogP contribution is 2.30. The molecule has 2 aromatic heterocycles. The van der Waals surface area contributed by atoms with Crippen LogP contribution in [0.25, 0.3) is 27.5 Å². The number of nitrogens with zero attached hydrogens (tertiary/aromatic N) is 3. The molecule has 38 heavy (non-hydrogen) atoms. The number of methoxy groups -OCH3 is 1. The summed E-state index contributed by atoms with van der Waals surface area (Å²) in [5.74, 6) is -0.614. The van der Waals surface area contributed by atoms with E-state index >= 15 is 0 Å². The van der Waals surface area contributed by atoms with Crippen molar-refractivity contribution in [3.63, 3.8) is 0 Å². The highest BCUT2D eigenvalue weighted by Gasteiger charge is 2.24. The smallest absolute Gasteiger partial charge is 0.338 e. The molecule has 0 aliphatic rings. The van der Waals surface area contributed by atoms with Gasteiger partial charge in [0.05, 0.1) is 30.0 Å². The summed E-state index contributed by atoms with van der Waals surface area (Å²) < 4.78 is 13.2. The molecule has 0 bridgehead atoms. The highest BCUT2D eigenvalue weighted by molar-refractivity contribution is 6.32. The van der Waals surface area contributed by atoms with E-state index in [1.165, 1.54) is 13.2 Å². The van der Waals surface area contributed by atoms with E-state index in [9.17, 15) is 14.4 Å². The Bertz CT molecular complexity index is 1790. The van der Waals surface area contributed by atoms with Gasteiger partial charge in [0.25, 0.3) is 11.5 Å². The molecule has 5 aromatic rings. The minimum absolute atomic E-state index is 0.0323. The number of amides is 1. The molecule has 0 unspecified atom stereocenters. The Balaban J connectivity index is 1.70. The highest BCUT2D eigenvalue weighted by atomic mass is 35.5. The van der Waals surface area contributed by atoms with Crippen molar-refractivity contribution in [3.05, 3.63) is 93.4 Å². The summed E-state index contributed by atoms with van der Waals surface area (Å²) in [7, 11) is 3.26. The second-order valence-corrected chi connectivity index (χ2v) is 8.85. The average Bonchev–Trinajstić information content (AvgIpc) is 3.22. The molecule has 10 heteroatoms. The van der Waals surface area contributed by atoms with Gasteiger partial charge in [0.15, 0.2) is 5.69 Å². The summed E-state index contributed by atoms with van der Waals surface area (Å²) in [5, 5.41) is 8.73. The van der Waals surface area contributed by atoms with E-state index in [0.29, 0.717) is 39.0 Å². The largest absolute Gasteiger partial charge is 0.495 e. The van der Waals surface area contributed by atoms with Crippen molar-refractivity contribution in [1.29, 1.82) is 0 Å². The molecule has 9 nitrogen and oxygen atoms in total. The lowest BCUT2D eigenvalue weighted by Gasteiger charge is -2.12. The van der Waals surface area contributed by atoms with Crippen LogP contribution in [-0.4, -0.2) is 39.9 Å². The van der Waals surface area contributed by atoms with E-state index < -0.39 is 17.4 Å². The summed E-state index contributed by atoms with van der Waals surface area (Å²) >= 11 is 6.33. The first kappa shape index (κ1) is 25.0. The molecule has 0 radical (unpaired) electrons. The molecule has 0 saturated heterocycles. The Labute approximate surface area is 222 Å². The van der Waals surface area contributed by atoms with Crippen LogP contribution in [-0.2, 0) is 11.8 Å². The fraction of sp³-hybridized carbons (Fsp3) is 0.143. The van der Waals surface area contributed by atoms with Crippen molar-refractivity contribution < 1.29 is 19.1 Å². The SMILES string of the molecule is CCOC(=O)c1cccc(NC(=O)c2nn(-c3ccc(OC)c(Cl)c3)c(=O)c3c2c2ccccc2n3C)c1. The van der Waals surface area contributed by atoms with Gasteiger partial charge in [-0.3, -0.25) is 9.59 Å². The van der Waals surface area contributed by atoms with Crippen LogP contribution >= 0.6 is 11.6 Å². The normalized spacial score (nSPS) is 11.1. The first-order chi connectivity index (χ1) is 18.3. The maximum Gasteiger partial charge on any atom is 0.338 e. The van der Waals surface area contributed by atoms with Gasteiger partial charge >= 0.3 is 5.97 Å². The van der Waals surface area contributed by atoms with Gasteiger partial charge in [-0.15, -0.1) is 0 Å². The summed E-state index contributed by atoms with van der Waals surface area (Å²) in [6.45, 7) is 1.95. The third-order valence-electron chi connectivity index (χ3n) is 6.17. The number of anilines is 1. The van der Waals surface area contributed by atoms with Crippen molar-refractivity contribution in [2.75, 3.05) is 19.0 Å². The van der Waals surface area contributed by atoms with Crippen LogP contribution < -0.4 is 15.6 Å². The predicted molar refractivity (Wildman–Crippen MR) is 146 cm³/mol. The monoisotopic (exact) mass is 530 g/mol. The zero-order valence-corrected chi connectivity index (χ0v) is 21.6. The minimum Gasteiger partial charge on any atom is -0.495 e. The fourth-order valence-electron chi connectivity index (χ4n) is 4.43. The Kier molecular flexibility index (Phi) is 6.61. The number of aryl methyl sites for hydroxylation is 1. The lowest BCUT2D eigenvalue weighted by Crippen LogP contribution is -2.27. The molecule has 0 spiro atoms. The number of esters is 1. The standard InChI is InChI=1S/C28H23ClN4O5/c1-4-38-28(36)16-8-7-9-17(14-16)30-26(34)24-23-19-10-5-6-11-21(19)32(2)25(23)27(35)33(31-24)18-12-13-22(37-3)20(29)15-18/h5-15H,4H2,1-3H3,(H,30,34). The molecule has 0 atom stereocenters. The van der Waals surface area contributed by atoms with Gasteiger partial charge in [-0.2, -0.15) is 9.78 Å². The van der Waals surface area contributed by atoms with E-state index in [2.05, 4.69) is 10.4 Å². The minimum atomic E-state index is -0.555. The molecule has 5 rings (SSSR count). The first-order valence-electron chi connectivity index (χ1n) is 11.8. The summed E-state index contributed by atoms with van der Waals surface area (Å²) in [4.78, 5) is 39.6. The fourth-order valence-corrected chi connectivity index (χ4v) is 4.68. The molecular weight excluding hydrogens is 508 g/mol. The van der Waals surface area contributed by atoms with Gasteiger partial charge < -0.3 is 19.4 Å². The van der Waals surface area contributed by atoms with Gasteiger partial charge in [-0.05, 0) is 49.4 Å². The second kappa shape index (κ2) is 10.0. The number of rotatable bonds is 6. The van der Waals surface area contributed by atoms with Crippen LogP contribution in [0.2, 0.25) is 5.02 Å². The maximum absolute atomic E-state index is 13.7. The number of fused-ring (bicyclic) bond motifs is 3. The van der Waals surface area contributed by atoms with E-state index in [4.69, 9.17) is 21.1 Å². The van der Waals surface area contributed by atoms with Crippen LogP contribution in [0.1, 0.15) is 27.8 Å². The second-order valence-electron chi connectivity index (χ2n) is 8.44. The number of benzene rings is 3. The molecular formula is C28H23ClN4O5. The van der Waals surface area contributed by atoms with Crippen LogP contribution in [0.3, 0.4) is 0 Å². The third kappa shape index (κ3) is 4.26. The Morgan fingerprint density at radius 2 is 1.84 bits per heavy atom. The molecule has 0 saturated carbocycles. The quantitative estimate of drug-likeness (QED) is 0.311. The van der Waals surface area contributed by atoms with Crippen molar-refractivity contribution in [2.45, 2.75) is 6.92 Å². The van der Waals surface area contributed by atoms with Crippen LogP contribution in [0.15, 0.2) is 71.5 Å². The number of hydrogen-bond acceptors (Lipinski definition) is 6. The molecule has 192 valence electrons. The van der Waals surface area contributed by atoms with E-state index in [1.807, 2.05) is 24.3 Å². The zero-order chi connectivity index (χ0) is 27.0. The van der Waals surface area contributed by atoms with Crippen LogP contribution in [0.5, 0.6) is 5.75 Å². The third-order valence-corrected chi connectivity index (χ3v) is 6.46. The molecule has 0 aliphatic heterocycles. The lowest BCUT2D eigenvalue weighted by molar-refractivity contribution is 0.0526. The van der Waals surface area contributed by atoms with Gasteiger partial charge in [0.2, 0.25) is 0 Å². The molecule has 1 N–H and O–H groups in total. The van der Waals surface area contributed by atoms with E-state index in [-0.39, 0.29) is 17.3 Å². The number of ether oxygens (including phenoxy) is 2. The van der Waals surface area contributed by atoms with Crippen molar-refractivity contribution in [3.8, 4) is 11.4 Å². The summed E-state index contributed by atoms with van der Waals surface area (Å²) in [5.41, 5.74) is 1.73. The molecule has 0 fully saturated rings. The van der Waals surface area contributed by atoms with Gasteiger partial charge in [0, 0.05) is 29.0 Å². The molecule has 0 aliphatic carbocycles. The topological polar surface area (TPSA) is 104 Å². The molecule has 1 amide bonds. The molecule has 2 heterocycles. The number of carbonyl (C=O) groups excluding carboxylic acids is 2. The average molecular weight is 531 g/mol. The first-order valence-corrected chi connectivity index (χ1v) is 12.1. The maximum atomic E-state index is 13.7. The number of hydrogen-bond donors (Lipinski definition) is 1. The zero-order valence-electron chi connectivity index (χ0n) is 20.8. The number of nitrogens with one attached hydrogen (secondary N) is 1. The summed E-state index contributed by atoms with van der Waals surface area (Å²) in [6.07, 6.45) is 0. The van der Waals surface area contributed by atoms with E-state index in [0.717, 1.165) is 10.2 Å².